The Kier molecular flexibility index (Phi) is 17.1. The predicted molar refractivity (Wildman–Crippen MR) is 266 cm³/mol. The largest absolute Gasteiger partial charge is 0.444 e. The number of allylic oxidation sites excluding steroid dienone is 7. The van der Waals surface area contributed by atoms with E-state index in [2.05, 4.69) is 22.1 Å². The number of rotatable bonds is 18. The van der Waals surface area contributed by atoms with E-state index in [1.165, 1.54) is 42.5 Å². The molecule has 2 aliphatic rings. The van der Waals surface area contributed by atoms with E-state index >= 15 is 4.39 Å². The van der Waals surface area contributed by atoms with Gasteiger partial charge in [-0.15, -0.1) is 0 Å². The molecule has 5 rings (SSSR count). The van der Waals surface area contributed by atoms with Gasteiger partial charge in [0.2, 0.25) is 11.8 Å². The topological polar surface area (TPSA) is 200 Å². The maximum Gasteiger partial charge on any atom is 0.411 e. The van der Waals surface area contributed by atoms with Crippen LogP contribution in [0.2, 0.25) is 5.02 Å². The van der Waals surface area contributed by atoms with Crippen LogP contribution in [0.1, 0.15) is 103 Å². The predicted octanol–water partition coefficient (Wildman–Crippen LogP) is 9.62. The Morgan fingerprint density at radius 2 is 1.59 bits per heavy atom. The van der Waals surface area contributed by atoms with Crippen LogP contribution in [0.4, 0.5) is 19.3 Å². The van der Waals surface area contributed by atoms with Crippen molar-refractivity contribution in [2.24, 2.45) is 0 Å². The summed E-state index contributed by atoms with van der Waals surface area (Å²) in [7, 11) is -8.91. The Bertz CT molecular complexity index is 2840. The molecule has 1 saturated heterocycles. The van der Waals surface area contributed by atoms with Crippen LogP contribution in [0.5, 0.6) is 0 Å². The van der Waals surface area contributed by atoms with Gasteiger partial charge in [0, 0.05) is 53.7 Å². The molecule has 3 amide bonds. The number of carbonyl (C=O) groups is 3. The van der Waals surface area contributed by atoms with E-state index < -0.39 is 91.6 Å². The van der Waals surface area contributed by atoms with E-state index in [4.69, 9.17) is 16.3 Å². The van der Waals surface area contributed by atoms with Crippen molar-refractivity contribution in [3.05, 3.63) is 136 Å². The van der Waals surface area contributed by atoms with Crippen LogP contribution < -0.4 is 15.5 Å². The summed E-state index contributed by atoms with van der Waals surface area (Å²) in [5.41, 5.74) is 0.0132. The number of benzene rings is 3. The summed E-state index contributed by atoms with van der Waals surface area (Å²) in [5.74, 6) is -1.87. The van der Waals surface area contributed by atoms with Gasteiger partial charge in [0.25, 0.3) is 20.2 Å². The van der Waals surface area contributed by atoms with E-state index in [-0.39, 0.29) is 33.3 Å². The number of nitrogens with zero attached hydrogens (tertiary/aromatic N) is 2. The number of unbranched alkanes of at least 4 members (excludes halogenated alkanes) is 2. The van der Waals surface area contributed by atoms with Crippen molar-refractivity contribution in [2.45, 2.75) is 132 Å². The normalized spacial score (nSPS) is 19.0. The molecule has 4 N–H and O–H groups in total. The molecule has 14 nitrogen and oxygen atoms in total. The Morgan fingerprint density at radius 1 is 0.929 bits per heavy atom. The number of halogens is 3. The molecule has 0 unspecified atom stereocenters. The van der Waals surface area contributed by atoms with Crippen molar-refractivity contribution < 1.29 is 53.8 Å². The van der Waals surface area contributed by atoms with Crippen LogP contribution >= 0.6 is 11.6 Å². The lowest BCUT2D eigenvalue weighted by molar-refractivity contribution is -0.125. The number of likely N-dealkylation sites (tertiary alicyclic amines) is 1. The minimum Gasteiger partial charge on any atom is -0.444 e. The highest BCUT2D eigenvalue weighted by Crippen LogP contribution is 2.48. The molecular weight excluding hydrogens is 966 g/mol. The number of alkyl halides is 1. The zero-order valence-corrected chi connectivity index (χ0v) is 43.1. The highest BCUT2D eigenvalue weighted by Gasteiger charge is 2.51. The number of carbonyl (C=O) groups excluding carboxylic acids is 3. The zero-order chi connectivity index (χ0) is 52.2. The van der Waals surface area contributed by atoms with Crippen molar-refractivity contribution in [3.8, 4) is 0 Å². The molecule has 0 spiro atoms. The van der Waals surface area contributed by atoms with Gasteiger partial charge in [-0.3, -0.25) is 23.6 Å². The lowest BCUT2D eigenvalue weighted by Gasteiger charge is -2.28. The molecule has 2 aliphatic heterocycles. The Hall–Kier alpha value is -5.40. The molecule has 3 aromatic carbocycles. The average molecular weight is 1030 g/mol. The summed E-state index contributed by atoms with van der Waals surface area (Å²) >= 11 is 5.88. The summed E-state index contributed by atoms with van der Waals surface area (Å²) < 4.78 is 104. The van der Waals surface area contributed by atoms with Gasteiger partial charge < -0.3 is 20.3 Å². The van der Waals surface area contributed by atoms with Gasteiger partial charge in [0.15, 0.2) is 0 Å². The van der Waals surface area contributed by atoms with Crippen LogP contribution in [0.25, 0.3) is 0 Å². The Morgan fingerprint density at radius 3 is 2.24 bits per heavy atom. The summed E-state index contributed by atoms with van der Waals surface area (Å²) in [5, 5.41) is 5.06. The molecule has 19 heteroatoms. The van der Waals surface area contributed by atoms with Gasteiger partial charge in [0.1, 0.15) is 23.1 Å². The van der Waals surface area contributed by atoms with Crippen LogP contribution in [-0.4, -0.2) is 85.7 Å². The van der Waals surface area contributed by atoms with Crippen molar-refractivity contribution in [2.75, 3.05) is 24.5 Å². The van der Waals surface area contributed by atoms with Crippen molar-refractivity contribution in [1.82, 2.24) is 15.5 Å². The van der Waals surface area contributed by atoms with Gasteiger partial charge in [-0.25, -0.2) is 13.6 Å². The van der Waals surface area contributed by atoms with Crippen LogP contribution in [0.3, 0.4) is 0 Å². The minimum absolute atomic E-state index is 0.0617. The molecular formula is C51H63ClF2N4O10S2. The Balaban J connectivity index is 1.22. The first-order valence-electron chi connectivity index (χ1n) is 22.7. The molecule has 3 aromatic rings. The fourth-order valence-corrected chi connectivity index (χ4v) is 9.84. The third kappa shape index (κ3) is 13.5. The van der Waals surface area contributed by atoms with E-state index in [1.807, 2.05) is 46.8 Å². The fourth-order valence-electron chi connectivity index (χ4n) is 8.63. The summed E-state index contributed by atoms with van der Waals surface area (Å²) in [6.45, 7) is 17.9. The number of hydrogen-bond donors (Lipinski definition) is 4. The number of nitrogens with one attached hydrogen (secondary N) is 2. The lowest BCUT2D eigenvalue weighted by atomic mass is 9.76. The number of hydrogen-bond acceptors (Lipinski definition) is 9. The number of anilines is 1. The number of aryl methyl sites for hydroxylation is 1. The second-order valence-electron chi connectivity index (χ2n) is 19.8. The average Bonchev–Trinajstić information content (AvgIpc) is 3.72. The van der Waals surface area contributed by atoms with Crippen molar-refractivity contribution in [3.63, 3.8) is 0 Å². The molecule has 2 atom stereocenters. The molecule has 2 heterocycles. The highest BCUT2D eigenvalue weighted by molar-refractivity contribution is 7.86. The molecule has 0 bridgehead atoms. The molecule has 1 fully saturated rings. The smallest absolute Gasteiger partial charge is 0.411 e. The molecule has 0 aliphatic carbocycles. The number of fused-ring (bicyclic) bond motifs is 1. The molecule has 0 aromatic heterocycles. The first kappa shape index (κ1) is 55.5. The molecule has 380 valence electrons. The monoisotopic (exact) mass is 1030 g/mol. The SMILES string of the molecule is C=C(/C=C/C=C/C=C1/N(CCCCCC(=O)NC[C@@]2(F)C[C@@H](C(=O)NCc3cccc(Cl)c3F)N(C(=O)OC(C)(C)C)C2)c2ccc(S(=O)(=O)O)cc2C1(C)C)C(C)(C)c1cc(S(=O)(=O)O)ccc1C. The van der Waals surface area contributed by atoms with Crippen LogP contribution in [-0.2, 0) is 51.9 Å². The molecule has 70 heavy (non-hydrogen) atoms. The standard InChI is InChI=1S/C51H63ClF2N4O10S2/c1-33-22-23-36(69(62,63)64)27-38(33)49(6,7)34(2)17-12-10-13-20-43-50(8,9)39-28-37(70(65,66)67)24-25-41(39)57(43)26-15-11-14-21-44(59)56-31-51(54)29-42(58(32-51)47(61)68-48(3,4)5)46(60)55-30-35-18-16-19-40(52)45(35)53/h10,12-13,16-20,22-25,27-28,42H,2,11,14-15,21,26,29-32H2,1,3-9H3,(H,55,60)(H,56,59)(H,62,63,64)(H,65,66,67)/b13-10+,17-12+,43-20+/t42-,51-/m0/s1. The minimum atomic E-state index is -4.50. The van der Waals surface area contributed by atoms with Gasteiger partial charge in [-0.2, -0.15) is 16.8 Å². The third-order valence-corrected chi connectivity index (χ3v) is 14.6. The lowest BCUT2D eigenvalue weighted by Crippen LogP contribution is -2.47. The molecule has 0 radical (unpaired) electrons. The summed E-state index contributed by atoms with van der Waals surface area (Å²) in [4.78, 5) is 42.2. The molecule has 0 saturated carbocycles. The van der Waals surface area contributed by atoms with Gasteiger partial charge in [-0.05, 0) is 105 Å². The van der Waals surface area contributed by atoms with Crippen LogP contribution in [0, 0.1) is 12.7 Å². The Labute approximate surface area is 415 Å². The zero-order valence-electron chi connectivity index (χ0n) is 40.7. The van der Waals surface area contributed by atoms with Gasteiger partial charge in [-0.1, -0.05) is 94.8 Å². The third-order valence-electron chi connectivity index (χ3n) is 12.6. The summed E-state index contributed by atoms with van der Waals surface area (Å²) in [6.07, 6.45) is 9.47. The first-order chi connectivity index (χ1) is 32.4. The van der Waals surface area contributed by atoms with E-state index in [0.29, 0.717) is 42.5 Å². The van der Waals surface area contributed by atoms with Gasteiger partial charge >= 0.3 is 6.09 Å². The van der Waals surface area contributed by atoms with Gasteiger partial charge in [0.05, 0.1) is 27.9 Å². The van der Waals surface area contributed by atoms with Crippen molar-refractivity contribution >= 4 is 55.4 Å². The second-order valence-corrected chi connectivity index (χ2v) is 23.1. The van der Waals surface area contributed by atoms with E-state index in [9.17, 15) is 44.7 Å². The highest BCUT2D eigenvalue weighted by atomic mass is 35.5. The quantitative estimate of drug-likeness (QED) is 0.0537. The number of amides is 3. The maximum absolute atomic E-state index is 16.5. The second kappa shape index (κ2) is 21.5. The maximum atomic E-state index is 16.5. The van der Waals surface area contributed by atoms with E-state index in [1.54, 1.807) is 51.1 Å². The summed E-state index contributed by atoms with van der Waals surface area (Å²) in [6, 6.07) is 11.9. The van der Waals surface area contributed by atoms with E-state index in [0.717, 1.165) is 21.8 Å². The fraction of sp³-hybridized carbons (Fsp3) is 0.431. The first-order valence-corrected chi connectivity index (χ1v) is 26.0. The van der Waals surface area contributed by atoms with Crippen LogP contribution in [0.15, 0.2) is 113 Å². The van der Waals surface area contributed by atoms with Crippen molar-refractivity contribution in [1.29, 1.82) is 0 Å². The number of ether oxygens (including phenoxy) is 1.